The van der Waals surface area contributed by atoms with Crippen LogP contribution in [0.4, 0.5) is 0 Å². The number of carbonyl (C=O) groups excluding carboxylic acids is 1. The average Bonchev–Trinajstić information content (AvgIpc) is 2.35. The van der Waals surface area contributed by atoms with Gasteiger partial charge in [-0.15, -0.1) is 0 Å². The van der Waals surface area contributed by atoms with Crippen molar-refractivity contribution in [3.63, 3.8) is 0 Å². The van der Waals surface area contributed by atoms with Gasteiger partial charge in [0, 0.05) is 6.08 Å². The molecule has 114 valence electrons. The van der Waals surface area contributed by atoms with Crippen molar-refractivity contribution >= 4 is 12.0 Å². The lowest BCUT2D eigenvalue weighted by atomic mass is 9.96. The quantitative estimate of drug-likeness (QED) is 0.417. The smallest absolute Gasteiger partial charge is 0.331 e. The van der Waals surface area contributed by atoms with Gasteiger partial charge < -0.3 is 4.74 Å². The highest BCUT2D eigenvalue weighted by molar-refractivity contribution is 5.83. The predicted octanol–water partition coefficient (Wildman–Crippen LogP) is 5.01. The molecule has 0 aliphatic carbocycles. The molecule has 0 amide bonds. The van der Waals surface area contributed by atoms with Crippen LogP contribution in [0.2, 0.25) is 0 Å². The third-order valence-corrected chi connectivity index (χ3v) is 2.95. The summed E-state index contributed by atoms with van der Waals surface area (Å²) in [5.41, 5.74) is 1.71. The van der Waals surface area contributed by atoms with Gasteiger partial charge in [-0.05, 0) is 38.7 Å². The number of rotatable bonds is 6. The lowest BCUT2D eigenvalue weighted by Crippen LogP contribution is -2.29. The van der Waals surface area contributed by atoms with E-state index < -0.39 is 5.60 Å². The van der Waals surface area contributed by atoms with E-state index in [0.29, 0.717) is 5.92 Å². The van der Waals surface area contributed by atoms with Crippen molar-refractivity contribution in [1.82, 2.24) is 0 Å². The molecule has 0 radical (unpaired) electrons. The van der Waals surface area contributed by atoms with Crippen molar-refractivity contribution in [2.75, 3.05) is 0 Å². The van der Waals surface area contributed by atoms with Crippen LogP contribution in [0.15, 0.2) is 48.1 Å². The Kier molecular flexibility index (Phi) is 6.41. The fraction of sp³-hybridized carbons (Fsp3) is 0.421. The maximum atomic E-state index is 11.9. The molecule has 1 aromatic rings. The Labute approximate surface area is 128 Å². The molecule has 0 unspecified atom stereocenters. The van der Waals surface area contributed by atoms with Crippen molar-refractivity contribution in [3.8, 4) is 0 Å². The number of ether oxygens (including phenoxy) is 1. The summed E-state index contributed by atoms with van der Waals surface area (Å²) in [4.78, 5) is 11.9. The topological polar surface area (TPSA) is 26.3 Å². The molecule has 1 aromatic carbocycles. The molecule has 0 fully saturated rings. The molecule has 2 heteroatoms. The molecule has 21 heavy (non-hydrogen) atoms. The lowest BCUT2D eigenvalue weighted by Gasteiger charge is -2.26. The molecule has 2 nitrogen and oxygen atoms in total. The summed E-state index contributed by atoms with van der Waals surface area (Å²) in [6, 6.07) is 10.0. The molecule has 0 aliphatic heterocycles. The molecule has 1 rings (SSSR count). The predicted molar refractivity (Wildman–Crippen MR) is 88.9 cm³/mol. The van der Waals surface area contributed by atoms with E-state index in [-0.39, 0.29) is 5.97 Å². The number of hydrogen-bond acceptors (Lipinski definition) is 2. The van der Waals surface area contributed by atoms with Gasteiger partial charge in [0.1, 0.15) is 5.60 Å². The van der Waals surface area contributed by atoms with E-state index in [9.17, 15) is 4.79 Å². The number of benzene rings is 1. The third-order valence-electron chi connectivity index (χ3n) is 2.95. The molecular formula is C19H26O2. The summed E-state index contributed by atoms with van der Waals surface area (Å²) in [6.07, 6.45) is 6.17. The minimum Gasteiger partial charge on any atom is -0.456 e. The van der Waals surface area contributed by atoms with Crippen LogP contribution in [-0.2, 0) is 9.53 Å². The van der Waals surface area contributed by atoms with E-state index in [0.717, 1.165) is 17.6 Å². The summed E-state index contributed by atoms with van der Waals surface area (Å²) >= 11 is 0. The van der Waals surface area contributed by atoms with Gasteiger partial charge in [-0.25, -0.2) is 4.79 Å². The molecule has 0 atom stereocenters. The Hall–Kier alpha value is -1.83. The van der Waals surface area contributed by atoms with Crippen molar-refractivity contribution < 1.29 is 9.53 Å². The maximum Gasteiger partial charge on any atom is 0.331 e. The first kappa shape index (κ1) is 17.2. The van der Waals surface area contributed by atoms with Crippen LogP contribution in [0.25, 0.3) is 6.08 Å². The fourth-order valence-corrected chi connectivity index (χ4v) is 2.39. The minimum absolute atomic E-state index is 0.290. The minimum atomic E-state index is -0.424. The Morgan fingerprint density at radius 2 is 1.81 bits per heavy atom. The SMILES string of the molecule is C/C(C=CC(=O)OC(C)(C)CC(C)C)=C/c1ccccc1. The molecule has 0 saturated heterocycles. The molecular weight excluding hydrogens is 260 g/mol. The number of hydrogen-bond donors (Lipinski definition) is 0. The zero-order chi connectivity index (χ0) is 15.9. The summed E-state index contributed by atoms with van der Waals surface area (Å²) in [5, 5.41) is 0. The summed E-state index contributed by atoms with van der Waals surface area (Å²) in [6.45, 7) is 10.1. The number of carbonyl (C=O) groups is 1. The van der Waals surface area contributed by atoms with Crippen LogP contribution in [0.3, 0.4) is 0 Å². The lowest BCUT2D eigenvalue weighted by molar-refractivity contribution is -0.151. The van der Waals surface area contributed by atoms with Gasteiger partial charge in [0.15, 0.2) is 0 Å². The summed E-state index contributed by atoms with van der Waals surface area (Å²) in [5.74, 6) is 0.206. The Morgan fingerprint density at radius 1 is 1.19 bits per heavy atom. The molecule has 0 bridgehead atoms. The van der Waals surface area contributed by atoms with Crippen LogP contribution >= 0.6 is 0 Å². The zero-order valence-corrected chi connectivity index (χ0v) is 13.7. The average molecular weight is 286 g/mol. The van der Waals surface area contributed by atoms with Gasteiger partial charge in [0.05, 0.1) is 0 Å². The molecule has 0 N–H and O–H groups in total. The number of esters is 1. The maximum absolute atomic E-state index is 11.9. The summed E-state index contributed by atoms with van der Waals surface area (Å²) in [7, 11) is 0. The largest absolute Gasteiger partial charge is 0.456 e. The molecule has 0 saturated carbocycles. The first-order chi connectivity index (χ1) is 9.78. The second kappa shape index (κ2) is 7.82. The number of allylic oxidation sites excluding steroid dienone is 2. The van der Waals surface area contributed by atoms with Crippen LogP contribution in [0, 0.1) is 5.92 Å². The van der Waals surface area contributed by atoms with E-state index in [1.807, 2.05) is 57.2 Å². The van der Waals surface area contributed by atoms with Gasteiger partial charge >= 0.3 is 5.97 Å². The monoisotopic (exact) mass is 286 g/mol. The molecule has 0 aliphatic rings. The van der Waals surface area contributed by atoms with Crippen molar-refractivity contribution in [2.45, 2.75) is 46.6 Å². The van der Waals surface area contributed by atoms with Crippen LogP contribution in [-0.4, -0.2) is 11.6 Å². The second-order valence-corrected chi connectivity index (χ2v) is 6.41. The van der Waals surface area contributed by atoms with Gasteiger partial charge in [-0.1, -0.05) is 61.9 Å². The standard InChI is InChI=1S/C19H26O2/c1-15(2)14-19(4,5)21-18(20)12-11-16(3)13-17-9-7-6-8-10-17/h6-13,15H,14H2,1-5H3/b12-11?,16-13-. The van der Waals surface area contributed by atoms with E-state index in [1.165, 1.54) is 6.08 Å². The highest BCUT2D eigenvalue weighted by Gasteiger charge is 2.22. The van der Waals surface area contributed by atoms with Crippen molar-refractivity contribution in [3.05, 3.63) is 53.6 Å². The second-order valence-electron chi connectivity index (χ2n) is 6.41. The Morgan fingerprint density at radius 3 is 2.38 bits per heavy atom. The van der Waals surface area contributed by atoms with Gasteiger partial charge in [-0.3, -0.25) is 0 Å². The molecule has 0 spiro atoms. The van der Waals surface area contributed by atoms with Gasteiger partial charge in [0.25, 0.3) is 0 Å². The van der Waals surface area contributed by atoms with E-state index in [1.54, 1.807) is 6.08 Å². The Bertz CT molecular complexity index is 508. The van der Waals surface area contributed by atoms with Crippen LogP contribution < -0.4 is 0 Å². The van der Waals surface area contributed by atoms with Gasteiger partial charge in [0.2, 0.25) is 0 Å². The van der Waals surface area contributed by atoms with E-state index >= 15 is 0 Å². The van der Waals surface area contributed by atoms with Gasteiger partial charge in [-0.2, -0.15) is 0 Å². The normalized spacial score (nSPS) is 13.0. The van der Waals surface area contributed by atoms with Crippen molar-refractivity contribution in [1.29, 1.82) is 0 Å². The Balaban J connectivity index is 2.60. The highest BCUT2D eigenvalue weighted by Crippen LogP contribution is 2.20. The first-order valence-corrected chi connectivity index (χ1v) is 7.43. The molecule has 0 heterocycles. The molecule has 0 aromatic heterocycles. The van der Waals surface area contributed by atoms with Crippen LogP contribution in [0.1, 0.15) is 46.6 Å². The first-order valence-electron chi connectivity index (χ1n) is 7.43. The highest BCUT2D eigenvalue weighted by atomic mass is 16.6. The summed E-state index contributed by atoms with van der Waals surface area (Å²) < 4.78 is 5.50. The zero-order valence-electron chi connectivity index (χ0n) is 13.7. The van der Waals surface area contributed by atoms with Crippen molar-refractivity contribution in [2.24, 2.45) is 5.92 Å². The van der Waals surface area contributed by atoms with E-state index in [2.05, 4.69) is 13.8 Å². The third kappa shape index (κ3) is 7.50. The van der Waals surface area contributed by atoms with E-state index in [4.69, 9.17) is 4.74 Å². The van der Waals surface area contributed by atoms with Crippen LogP contribution in [0.5, 0.6) is 0 Å². The fourth-order valence-electron chi connectivity index (χ4n) is 2.39.